The van der Waals surface area contributed by atoms with E-state index in [1.807, 2.05) is 0 Å². The van der Waals surface area contributed by atoms with E-state index in [1.165, 1.54) is 24.8 Å². The third-order valence-corrected chi connectivity index (χ3v) is 7.01. The minimum Gasteiger partial charge on any atom is -0.487 e. The van der Waals surface area contributed by atoms with E-state index >= 15 is 0 Å². The molecule has 0 atom stereocenters. The minimum atomic E-state index is 0.223. The Morgan fingerprint density at radius 3 is 2.55 bits per heavy atom. The van der Waals surface area contributed by atoms with E-state index in [0.717, 1.165) is 68.0 Å². The van der Waals surface area contributed by atoms with Gasteiger partial charge in [0.05, 0.1) is 5.69 Å². The summed E-state index contributed by atoms with van der Waals surface area (Å²) in [5, 5.41) is 10.3. The zero-order chi connectivity index (χ0) is 22.6. The van der Waals surface area contributed by atoms with Crippen molar-refractivity contribution in [1.29, 1.82) is 5.26 Å². The number of benzene rings is 1. The highest BCUT2D eigenvalue weighted by atomic mass is 16.5. The molecule has 33 heavy (non-hydrogen) atoms. The van der Waals surface area contributed by atoms with Crippen molar-refractivity contribution in [2.24, 2.45) is 0 Å². The van der Waals surface area contributed by atoms with Crippen molar-refractivity contribution in [3.05, 3.63) is 53.6 Å². The molecular weight excluding hydrogens is 412 g/mol. The number of nitrogens with zero attached hydrogens (tertiary/aromatic N) is 6. The summed E-state index contributed by atoms with van der Waals surface area (Å²) < 4.78 is 8.52. The highest BCUT2D eigenvalue weighted by molar-refractivity contribution is 5.77. The van der Waals surface area contributed by atoms with Gasteiger partial charge in [0, 0.05) is 50.3 Å². The summed E-state index contributed by atoms with van der Waals surface area (Å²) in [6, 6.07) is 13.1. The van der Waals surface area contributed by atoms with E-state index < -0.39 is 0 Å². The number of piperazine rings is 1. The SMILES string of the molecule is CN1CCN(Cc2ccc(OCc3cc4cnc(C#N)nc4n3C3CCCCC3)cc2)CC1. The van der Waals surface area contributed by atoms with Gasteiger partial charge in [0.1, 0.15) is 24.1 Å². The first-order valence-corrected chi connectivity index (χ1v) is 12.1. The molecule has 0 spiro atoms. The summed E-state index contributed by atoms with van der Waals surface area (Å²) in [4.78, 5) is 13.6. The molecule has 1 aliphatic heterocycles. The van der Waals surface area contributed by atoms with Crippen molar-refractivity contribution in [1.82, 2.24) is 24.3 Å². The molecule has 0 bridgehead atoms. The fraction of sp³-hybridized carbons (Fsp3) is 0.500. The lowest BCUT2D eigenvalue weighted by Crippen LogP contribution is -2.43. The van der Waals surface area contributed by atoms with E-state index in [1.54, 1.807) is 6.20 Å². The number of aromatic nitrogens is 3. The van der Waals surface area contributed by atoms with Gasteiger partial charge in [-0.15, -0.1) is 0 Å². The maximum atomic E-state index is 9.28. The third-order valence-electron chi connectivity index (χ3n) is 7.01. The van der Waals surface area contributed by atoms with Crippen molar-refractivity contribution in [2.75, 3.05) is 33.2 Å². The molecule has 2 fully saturated rings. The lowest BCUT2D eigenvalue weighted by molar-refractivity contribution is 0.148. The first kappa shape index (κ1) is 21.9. The van der Waals surface area contributed by atoms with Gasteiger partial charge in [-0.3, -0.25) is 4.90 Å². The standard InChI is InChI=1S/C26H32N6O/c1-30-11-13-31(14-12-30)18-20-7-9-24(10-8-20)33-19-23-15-21-17-28-25(16-27)29-26(21)32(23)22-5-3-2-4-6-22/h7-10,15,17,22H,2-6,11-14,18-19H2,1H3. The van der Waals surface area contributed by atoms with Crippen LogP contribution in [0.1, 0.15) is 55.2 Å². The van der Waals surface area contributed by atoms with Crippen LogP contribution in [0.3, 0.4) is 0 Å². The topological polar surface area (TPSA) is 70.2 Å². The maximum Gasteiger partial charge on any atom is 0.234 e. The summed E-state index contributed by atoms with van der Waals surface area (Å²) in [6.07, 6.45) is 7.80. The van der Waals surface area contributed by atoms with Gasteiger partial charge in [0.15, 0.2) is 0 Å². The van der Waals surface area contributed by atoms with E-state index in [2.05, 4.69) is 67.8 Å². The Morgan fingerprint density at radius 2 is 1.82 bits per heavy atom. The number of nitriles is 1. The average molecular weight is 445 g/mol. The van der Waals surface area contributed by atoms with Gasteiger partial charge in [-0.1, -0.05) is 31.4 Å². The predicted molar refractivity (Wildman–Crippen MR) is 128 cm³/mol. The smallest absolute Gasteiger partial charge is 0.234 e. The predicted octanol–water partition coefficient (Wildman–Crippen LogP) is 4.13. The van der Waals surface area contributed by atoms with E-state index in [0.29, 0.717) is 12.6 Å². The zero-order valence-electron chi connectivity index (χ0n) is 19.4. The molecule has 0 unspecified atom stereocenters. The molecule has 3 heterocycles. The molecule has 1 aromatic carbocycles. The Bertz CT molecular complexity index is 1120. The Labute approximate surface area is 195 Å². The second kappa shape index (κ2) is 9.90. The van der Waals surface area contributed by atoms with Gasteiger partial charge >= 0.3 is 0 Å². The fourth-order valence-corrected chi connectivity index (χ4v) is 5.09. The van der Waals surface area contributed by atoms with Crippen LogP contribution in [0.25, 0.3) is 11.0 Å². The highest BCUT2D eigenvalue weighted by Crippen LogP contribution is 2.33. The first-order valence-electron chi connectivity index (χ1n) is 12.1. The van der Waals surface area contributed by atoms with Crippen LogP contribution in [0.5, 0.6) is 5.75 Å². The Hall–Kier alpha value is -2.95. The number of hydrogen-bond acceptors (Lipinski definition) is 6. The van der Waals surface area contributed by atoms with Gasteiger partial charge in [0.25, 0.3) is 0 Å². The number of ether oxygens (including phenoxy) is 1. The molecule has 1 aliphatic carbocycles. The summed E-state index contributed by atoms with van der Waals surface area (Å²) in [5.41, 5.74) is 3.28. The quantitative estimate of drug-likeness (QED) is 0.569. The Morgan fingerprint density at radius 1 is 1.06 bits per heavy atom. The fourth-order valence-electron chi connectivity index (χ4n) is 5.09. The van der Waals surface area contributed by atoms with E-state index in [9.17, 15) is 5.26 Å². The van der Waals surface area contributed by atoms with Gasteiger partial charge in [-0.2, -0.15) is 5.26 Å². The molecule has 3 aromatic rings. The molecule has 172 valence electrons. The Kier molecular flexibility index (Phi) is 6.56. The third kappa shape index (κ3) is 5.02. The van der Waals surface area contributed by atoms with Crippen LogP contribution in [0.15, 0.2) is 36.5 Å². The molecule has 0 radical (unpaired) electrons. The van der Waals surface area contributed by atoms with Crippen molar-refractivity contribution in [3.63, 3.8) is 0 Å². The van der Waals surface area contributed by atoms with Crippen molar-refractivity contribution in [3.8, 4) is 11.8 Å². The van der Waals surface area contributed by atoms with Crippen molar-refractivity contribution >= 4 is 11.0 Å². The van der Waals surface area contributed by atoms with Crippen LogP contribution in [0, 0.1) is 11.3 Å². The summed E-state index contributed by atoms with van der Waals surface area (Å²) >= 11 is 0. The summed E-state index contributed by atoms with van der Waals surface area (Å²) in [6.45, 7) is 5.98. The molecule has 1 saturated heterocycles. The van der Waals surface area contributed by atoms with Crippen molar-refractivity contribution in [2.45, 2.75) is 51.3 Å². The normalized spacial score (nSPS) is 18.4. The second-order valence-electron chi connectivity index (χ2n) is 9.39. The summed E-state index contributed by atoms with van der Waals surface area (Å²) in [5.74, 6) is 1.10. The van der Waals surface area contributed by atoms with Crippen LogP contribution in [0.4, 0.5) is 0 Å². The molecular formula is C26H32N6O. The average Bonchev–Trinajstić information content (AvgIpc) is 3.23. The first-order chi connectivity index (χ1) is 16.2. The van der Waals surface area contributed by atoms with E-state index in [-0.39, 0.29) is 5.82 Å². The van der Waals surface area contributed by atoms with Crippen LogP contribution in [0.2, 0.25) is 0 Å². The van der Waals surface area contributed by atoms with Gasteiger partial charge < -0.3 is 14.2 Å². The molecule has 0 amide bonds. The number of hydrogen-bond donors (Lipinski definition) is 0. The molecule has 0 N–H and O–H groups in total. The number of rotatable bonds is 6. The molecule has 2 aliphatic rings. The van der Waals surface area contributed by atoms with Crippen LogP contribution in [-0.2, 0) is 13.2 Å². The van der Waals surface area contributed by atoms with Gasteiger partial charge in [-0.05, 0) is 43.7 Å². The van der Waals surface area contributed by atoms with Crippen LogP contribution < -0.4 is 4.74 Å². The molecule has 5 rings (SSSR count). The largest absolute Gasteiger partial charge is 0.487 e. The maximum absolute atomic E-state index is 9.28. The molecule has 1 saturated carbocycles. The minimum absolute atomic E-state index is 0.223. The number of fused-ring (bicyclic) bond motifs is 1. The second-order valence-corrected chi connectivity index (χ2v) is 9.39. The van der Waals surface area contributed by atoms with E-state index in [4.69, 9.17) is 4.74 Å². The monoisotopic (exact) mass is 444 g/mol. The van der Waals surface area contributed by atoms with Gasteiger partial charge in [0.2, 0.25) is 5.82 Å². The van der Waals surface area contributed by atoms with Crippen LogP contribution >= 0.6 is 0 Å². The highest BCUT2D eigenvalue weighted by Gasteiger charge is 2.22. The summed E-state index contributed by atoms with van der Waals surface area (Å²) in [7, 11) is 2.19. The van der Waals surface area contributed by atoms with Gasteiger partial charge in [-0.25, -0.2) is 9.97 Å². The zero-order valence-corrected chi connectivity index (χ0v) is 19.4. The van der Waals surface area contributed by atoms with Crippen LogP contribution in [-0.4, -0.2) is 57.6 Å². The molecule has 2 aromatic heterocycles. The lowest BCUT2D eigenvalue weighted by Gasteiger charge is -2.32. The lowest BCUT2D eigenvalue weighted by atomic mass is 9.95. The Balaban J connectivity index is 1.30. The number of likely N-dealkylation sites (N-methyl/N-ethyl adjacent to an activating group) is 1. The molecule has 7 nitrogen and oxygen atoms in total. The van der Waals surface area contributed by atoms with Crippen molar-refractivity contribution < 1.29 is 4.74 Å². The molecule has 7 heteroatoms.